The quantitative estimate of drug-likeness (QED) is 0.848. The fourth-order valence-corrected chi connectivity index (χ4v) is 3.42. The highest BCUT2D eigenvalue weighted by Crippen LogP contribution is 2.22. The number of rotatable bonds is 4. The van der Waals surface area contributed by atoms with Gasteiger partial charge in [0.2, 0.25) is 0 Å². The van der Waals surface area contributed by atoms with Crippen LogP contribution in [-0.2, 0) is 6.54 Å². The second-order valence-electron chi connectivity index (χ2n) is 5.54. The molecule has 3 rings (SSSR count). The van der Waals surface area contributed by atoms with Gasteiger partial charge >= 0.3 is 0 Å². The predicted octanol–water partition coefficient (Wildman–Crippen LogP) is 4.16. The number of allylic oxidation sites excluding steroid dienone is 1. The highest BCUT2D eigenvalue weighted by Gasteiger charge is 2.18. The van der Waals surface area contributed by atoms with Gasteiger partial charge < -0.3 is 4.57 Å². The van der Waals surface area contributed by atoms with Gasteiger partial charge in [-0.1, -0.05) is 17.8 Å². The number of aliphatic imine (C=N–C) groups is 1. The Morgan fingerprint density at radius 1 is 1.38 bits per heavy atom. The van der Waals surface area contributed by atoms with E-state index in [0.29, 0.717) is 10.9 Å². The van der Waals surface area contributed by atoms with E-state index in [4.69, 9.17) is 0 Å². The number of hydrazone groups is 1. The molecule has 0 fully saturated rings. The Bertz CT molecular complexity index is 818. The van der Waals surface area contributed by atoms with Gasteiger partial charge in [-0.2, -0.15) is 5.10 Å². The predicted molar refractivity (Wildman–Crippen MR) is 99.7 cm³/mol. The molecular formula is C18H19FN4S. The molecule has 6 heteroatoms. The lowest BCUT2D eigenvalue weighted by atomic mass is 10.1. The molecule has 0 saturated heterocycles. The number of aromatic nitrogens is 1. The zero-order valence-corrected chi connectivity index (χ0v) is 14.5. The van der Waals surface area contributed by atoms with Crippen molar-refractivity contribution >= 4 is 28.3 Å². The summed E-state index contributed by atoms with van der Waals surface area (Å²) in [6, 6.07) is 8.24. The lowest BCUT2D eigenvalue weighted by Crippen LogP contribution is -2.25. The molecule has 24 heavy (non-hydrogen) atoms. The van der Waals surface area contributed by atoms with Crippen LogP contribution in [0.3, 0.4) is 0 Å². The zero-order chi connectivity index (χ0) is 17.1. The normalized spacial score (nSPS) is 16.0. The van der Waals surface area contributed by atoms with E-state index in [1.54, 1.807) is 23.9 Å². The van der Waals surface area contributed by atoms with Crippen molar-refractivity contribution in [2.45, 2.75) is 20.4 Å². The summed E-state index contributed by atoms with van der Waals surface area (Å²) in [4.78, 5) is 4.44. The molecule has 124 valence electrons. The van der Waals surface area contributed by atoms with E-state index in [0.717, 1.165) is 23.6 Å². The summed E-state index contributed by atoms with van der Waals surface area (Å²) in [7, 11) is 0. The summed E-state index contributed by atoms with van der Waals surface area (Å²) >= 11 is 1.59. The summed E-state index contributed by atoms with van der Waals surface area (Å²) in [5.74, 6) is 0.476. The molecule has 1 aliphatic heterocycles. The first-order chi connectivity index (χ1) is 11.6. The van der Waals surface area contributed by atoms with Crippen molar-refractivity contribution in [2.24, 2.45) is 10.1 Å². The molecule has 0 aliphatic carbocycles. The Morgan fingerprint density at radius 3 is 2.75 bits per heavy atom. The van der Waals surface area contributed by atoms with Crippen molar-refractivity contribution < 1.29 is 4.39 Å². The number of nitrogens with one attached hydrogen (secondary N) is 1. The number of hydrogen-bond acceptors (Lipinski definition) is 3. The van der Waals surface area contributed by atoms with E-state index >= 15 is 0 Å². The van der Waals surface area contributed by atoms with Crippen molar-refractivity contribution in [3.05, 3.63) is 65.8 Å². The molecule has 1 aliphatic rings. The summed E-state index contributed by atoms with van der Waals surface area (Å²) in [6.07, 6.45) is 1.90. The standard InChI is InChI=1S/C18H19FN4S/c1-4-9-23-12(2)10-16(13(23)3)17-11-24-18(22-21-17)20-15-7-5-14(19)6-8-15/h4-8,10H,1,9,11H2,2-3H3,(H,20,22). The van der Waals surface area contributed by atoms with Gasteiger partial charge in [0.1, 0.15) is 5.82 Å². The van der Waals surface area contributed by atoms with Gasteiger partial charge in [0.25, 0.3) is 0 Å². The molecule has 2 heterocycles. The van der Waals surface area contributed by atoms with Crippen molar-refractivity contribution in [2.75, 3.05) is 5.75 Å². The van der Waals surface area contributed by atoms with Crippen molar-refractivity contribution in [1.29, 1.82) is 0 Å². The highest BCUT2D eigenvalue weighted by molar-refractivity contribution is 8.14. The maximum Gasteiger partial charge on any atom is 0.182 e. The van der Waals surface area contributed by atoms with E-state index in [-0.39, 0.29) is 5.82 Å². The Hall–Kier alpha value is -2.34. The smallest absolute Gasteiger partial charge is 0.182 e. The van der Waals surface area contributed by atoms with Gasteiger partial charge in [-0.05, 0) is 44.2 Å². The largest absolute Gasteiger partial charge is 0.345 e. The third-order valence-electron chi connectivity index (χ3n) is 3.89. The second-order valence-corrected chi connectivity index (χ2v) is 6.50. The van der Waals surface area contributed by atoms with E-state index in [9.17, 15) is 4.39 Å². The Kier molecular flexibility index (Phi) is 4.85. The molecule has 0 spiro atoms. The first-order valence-electron chi connectivity index (χ1n) is 7.66. The molecule has 1 aromatic carbocycles. The molecule has 0 amide bonds. The number of halogens is 1. The van der Waals surface area contributed by atoms with Crippen LogP contribution in [-0.4, -0.2) is 21.2 Å². The van der Waals surface area contributed by atoms with Crippen LogP contribution in [0.4, 0.5) is 10.1 Å². The van der Waals surface area contributed by atoms with Crippen LogP contribution in [0.25, 0.3) is 0 Å². The molecule has 4 nitrogen and oxygen atoms in total. The minimum Gasteiger partial charge on any atom is -0.345 e. The maximum atomic E-state index is 12.9. The van der Waals surface area contributed by atoms with E-state index < -0.39 is 0 Å². The first kappa shape index (κ1) is 16.5. The average Bonchev–Trinajstić information content (AvgIpc) is 2.86. The number of thioether (sulfide) groups is 1. The second kappa shape index (κ2) is 7.05. The Morgan fingerprint density at radius 2 is 2.12 bits per heavy atom. The van der Waals surface area contributed by atoms with Crippen LogP contribution >= 0.6 is 11.8 Å². The summed E-state index contributed by atoms with van der Waals surface area (Å²) in [5, 5.41) is 5.19. The van der Waals surface area contributed by atoms with Crippen LogP contribution in [0.2, 0.25) is 0 Å². The van der Waals surface area contributed by atoms with Gasteiger partial charge in [0.05, 0.1) is 11.4 Å². The maximum absolute atomic E-state index is 12.9. The minimum absolute atomic E-state index is 0.265. The molecule has 0 unspecified atom stereocenters. The third-order valence-corrected chi connectivity index (χ3v) is 4.76. The molecule has 0 saturated carbocycles. The molecule has 1 aromatic heterocycles. The van der Waals surface area contributed by atoms with Gasteiger partial charge in [-0.15, -0.1) is 6.58 Å². The SMILES string of the molecule is C=CCn1c(C)cc(C2=NNC(=Nc3ccc(F)cc3)SC2)c1C. The number of aryl methyl sites for hydroxylation is 1. The van der Waals surface area contributed by atoms with Crippen LogP contribution in [0.1, 0.15) is 17.0 Å². The Balaban J connectivity index is 1.79. The molecular weight excluding hydrogens is 323 g/mol. The van der Waals surface area contributed by atoms with Crippen molar-refractivity contribution in [3.63, 3.8) is 0 Å². The third kappa shape index (κ3) is 3.43. The van der Waals surface area contributed by atoms with Gasteiger partial charge in [0.15, 0.2) is 5.17 Å². The average molecular weight is 342 g/mol. The minimum atomic E-state index is -0.265. The summed E-state index contributed by atoms with van der Waals surface area (Å²) in [6.45, 7) is 8.79. The molecule has 0 atom stereocenters. The van der Waals surface area contributed by atoms with E-state index in [1.165, 1.54) is 23.5 Å². The molecule has 2 aromatic rings. The molecule has 0 bridgehead atoms. The first-order valence-corrected chi connectivity index (χ1v) is 8.64. The topological polar surface area (TPSA) is 41.7 Å². The van der Waals surface area contributed by atoms with Gasteiger partial charge in [-0.3, -0.25) is 5.43 Å². The number of nitrogens with zero attached hydrogens (tertiary/aromatic N) is 3. The number of hydrogen-bond donors (Lipinski definition) is 1. The zero-order valence-electron chi connectivity index (χ0n) is 13.7. The lowest BCUT2D eigenvalue weighted by Gasteiger charge is -2.15. The number of benzene rings is 1. The van der Waals surface area contributed by atoms with Crippen molar-refractivity contribution in [3.8, 4) is 0 Å². The highest BCUT2D eigenvalue weighted by atomic mass is 32.2. The summed E-state index contributed by atoms with van der Waals surface area (Å²) in [5.41, 5.74) is 8.23. The lowest BCUT2D eigenvalue weighted by molar-refractivity contribution is 0.628. The monoisotopic (exact) mass is 342 g/mol. The van der Waals surface area contributed by atoms with Crippen LogP contribution in [0.5, 0.6) is 0 Å². The van der Waals surface area contributed by atoms with Crippen LogP contribution < -0.4 is 5.43 Å². The fourth-order valence-electron chi connectivity index (χ4n) is 2.65. The fraction of sp³-hybridized carbons (Fsp3) is 0.222. The van der Waals surface area contributed by atoms with Gasteiger partial charge in [-0.25, -0.2) is 9.38 Å². The van der Waals surface area contributed by atoms with Crippen LogP contribution in [0, 0.1) is 19.7 Å². The Labute approximate surface area is 145 Å². The van der Waals surface area contributed by atoms with E-state index in [1.807, 2.05) is 6.08 Å². The van der Waals surface area contributed by atoms with Crippen molar-refractivity contribution in [1.82, 2.24) is 9.99 Å². The van der Waals surface area contributed by atoms with Crippen LogP contribution in [0.15, 0.2) is 53.1 Å². The summed E-state index contributed by atoms with van der Waals surface area (Å²) < 4.78 is 15.2. The van der Waals surface area contributed by atoms with E-state index in [2.05, 4.69) is 46.6 Å². The molecule has 0 radical (unpaired) electrons. The van der Waals surface area contributed by atoms with Gasteiger partial charge in [0, 0.05) is 29.2 Å². The molecule has 1 N–H and O–H groups in total. The number of amidine groups is 1.